The van der Waals surface area contributed by atoms with E-state index in [2.05, 4.69) is 5.32 Å². The van der Waals surface area contributed by atoms with E-state index < -0.39 is 0 Å². The molecular weight excluding hydrogens is 309 g/mol. The molecule has 21 heavy (non-hydrogen) atoms. The molecule has 1 aliphatic heterocycles. The van der Waals surface area contributed by atoms with Crippen LogP contribution < -0.4 is 10.1 Å². The van der Waals surface area contributed by atoms with Crippen LogP contribution in [0.25, 0.3) is 0 Å². The van der Waals surface area contributed by atoms with Crippen molar-refractivity contribution in [3.8, 4) is 5.75 Å². The van der Waals surface area contributed by atoms with Crippen LogP contribution in [-0.4, -0.2) is 12.5 Å². The topological polar surface area (TPSA) is 38.3 Å². The van der Waals surface area contributed by atoms with Gasteiger partial charge in [-0.2, -0.15) is 0 Å². The zero-order valence-electron chi connectivity index (χ0n) is 11.1. The Hall–Kier alpha value is -1.71. The van der Waals surface area contributed by atoms with Gasteiger partial charge in [0, 0.05) is 0 Å². The third-order valence-electron chi connectivity index (χ3n) is 3.46. The molecule has 3 rings (SSSR count). The molecule has 2 aromatic carbocycles. The number of hydrogen-bond acceptors (Lipinski definition) is 2. The highest BCUT2D eigenvalue weighted by atomic mass is 35.5. The van der Waals surface area contributed by atoms with Crippen molar-refractivity contribution < 1.29 is 9.53 Å². The van der Waals surface area contributed by atoms with Crippen LogP contribution in [0.2, 0.25) is 10.0 Å². The first-order valence-electron chi connectivity index (χ1n) is 6.60. The summed E-state index contributed by atoms with van der Waals surface area (Å²) in [6.45, 7) is 0.362. The van der Waals surface area contributed by atoms with E-state index >= 15 is 0 Å². The summed E-state index contributed by atoms with van der Waals surface area (Å²) in [5.41, 5.74) is 1.56. The number of halogens is 2. The number of fused-ring (bicyclic) bond motifs is 1. The fourth-order valence-electron chi connectivity index (χ4n) is 2.33. The normalized spacial score (nSPS) is 16.8. The molecule has 108 valence electrons. The summed E-state index contributed by atoms with van der Waals surface area (Å²) in [7, 11) is 0. The van der Waals surface area contributed by atoms with Crippen molar-refractivity contribution in [1.82, 2.24) is 0 Å². The highest BCUT2D eigenvalue weighted by Crippen LogP contribution is 2.31. The first kappa shape index (κ1) is 14.2. The van der Waals surface area contributed by atoms with Crippen molar-refractivity contribution in [2.24, 2.45) is 5.92 Å². The summed E-state index contributed by atoms with van der Waals surface area (Å²) in [5, 5.41) is 3.58. The van der Waals surface area contributed by atoms with Gasteiger partial charge in [-0.05, 0) is 30.2 Å². The Kier molecular flexibility index (Phi) is 4.04. The smallest absolute Gasteiger partial charge is 0.231 e. The lowest BCUT2D eigenvalue weighted by Gasteiger charge is -2.24. The molecule has 0 bridgehead atoms. The van der Waals surface area contributed by atoms with Crippen molar-refractivity contribution in [3.05, 3.63) is 58.1 Å². The summed E-state index contributed by atoms with van der Waals surface area (Å²) in [6, 6.07) is 12.9. The molecule has 1 amide bonds. The van der Waals surface area contributed by atoms with Gasteiger partial charge in [0.1, 0.15) is 12.4 Å². The average molecular weight is 322 g/mol. The van der Waals surface area contributed by atoms with Gasteiger partial charge in [-0.25, -0.2) is 0 Å². The number of carbonyl (C=O) groups excluding carboxylic acids is 1. The summed E-state index contributed by atoms with van der Waals surface area (Å²) in [4.78, 5) is 12.3. The molecule has 5 heteroatoms. The molecular formula is C16H13Cl2NO2. The zero-order chi connectivity index (χ0) is 14.8. The molecule has 1 atom stereocenters. The molecule has 0 spiro atoms. The number of ether oxygens (including phenoxy) is 1. The van der Waals surface area contributed by atoms with Crippen LogP contribution in [0, 0.1) is 5.92 Å². The van der Waals surface area contributed by atoms with E-state index in [0.29, 0.717) is 28.8 Å². The van der Waals surface area contributed by atoms with E-state index in [0.717, 1.165) is 11.3 Å². The van der Waals surface area contributed by atoms with Crippen molar-refractivity contribution in [1.29, 1.82) is 0 Å². The van der Waals surface area contributed by atoms with E-state index in [1.54, 1.807) is 18.2 Å². The van der Waals surface area contributed by atoms with Crippen molar-refractivity contribution in [2.45, 2.75) is 6.42 Å². The highest BCUT2D eigenvalue weighted by Gasteiger charge is 2.26. The van der Waals surface area contributed by atoms with Gasteiger partial charge in [0.15, 0.2) is 0 Å². The van der Waals surface area contributed by atoms with Crippen LogP contribution in [0.15, 0.2) is 42.5 Å². The maximum Gasteiger partial charge on any atom is 0.231 e. The Labute approximate surface area is 132 Å². The summed E-state index contributed by atoms with van der Waals surface area (Å²) < 4.78 is 5.63. The maximum absolute atomic E-state index is 12.3. The second kappa shape index (κ2) is 5.96. The third kappa shape index (κ3) is 2.99. The number of rotatable bonds is 2. The van der Waals surface area contributed by atoms with E-state index in [-0.39, 0.29) is 11.8 Å². The first-order chi connectivity index (χ1) is 10.1. The third-order valence-corrected chi connectivity index (χ3v) is 4.28. The minimum Gasteiger partial charge on any atom is -0.492 e. The SMILES string of the molecule is O=C(Nc1cccc(Cl)c1Cl)C1COc2ccccc2C1. The number of hydrogen-bond donors (Lipinski definition) is 1. The molecule has 0 aliphatic carbocycles. The van der Waals surface area contributed by atoms with Gasteiger partial charge in [0.25, 0.3) is 0 Å². The van der Waals surface area contributed by atoms with E-state index in [9.17, 15) is 4.79 Å². The fraction of sp³-hybridized carbons (Fsp3) is 0.188. The van der Waals surface area contributed by atoms with Gasteiger partial charge >= 0.3 is 0 Å². The van der Waals surface area contributed by atoms with Gasteiger partial charge < -0.3 is 10.1 Å². The van der Waals surface area contributed by atoms with Gasteiger partial charge in [-0.1, -0.05) is 47.5 Å². The molecule has 0 fully saturated rings. The maximum atomic E-state index is 12.3. The molecule has 1 heterocycles. The Morgan fingerprint density at radius 1 is 1.14 bits per heavy atom. The predicted octanol–water partition coefficient (Wildman–Crippen LogP) is 4.18. The van der Waals surface area contributed by atoms with Crippen LogP contribution >= 0.6 is 23.2 Å². The quantitative estimate of drug-likeness (QED) is 0.900. The van der Waals surface area contributed by atoms with Gasteiger partial charge in [0.2, 0.25) is 5.91 Å². The molecule has 0 radical (unpaired) electrons. The average Bonchev–Trinajstić information content (AvgIpc) is 2.51. The Morgan fingerprint density at radius 3 is 2.81 bits per heavy atom. The summed E-state index contributed by atoms with van der Waals surface area (Å²) >= 11 is 12.0. The summed E-state index contributed by atoms with van der Waals surface area (Å²) in [5.74, 6) is 0.492. The molecule has 0 saturated heterocycles. The molecule has 1 N–H and O–H groups in total. The van der Waals surface area contributed by atoms with E-state index in [1.165, 1.54) is 0 Å². The predicted molar refractivity (Wildman–Crippen MR) is 84.2 cm³/mol. The zero-order valence-corrected chi connectivity index (χ0v) is 12.6. The number of para-hydroxylation sites is 1. The van der Waals surface area contributed by atoms with Crippen LogP contribution in [0.1, 0.15) is 5.56 Å². The molecule has 3 nitrogen and oxygen atoms in total. The number of nitrogens with one attached hydrogen (secondary N) is 1. The van der Waals surface area contributed by atoms with Crippen LogP contribution in [0.5, 0.6) is 5.75 Å². The number of anilines is 1. The fourth-order valence-corrected chi connectivity index (χ4v) is 2.68. The van der Waals surface area contributed by atoms with Crippen LogP contribution in [-0.2, 0) is 11.2 Å². The minimum atomic E-state index is -0.241. The van der Waals surface area contributed by atoms with Gasteiger partial charge in [0.05, 0.1) is 21.7 Å². The number of benzene rings is 2. The first-order valence-corrected chi connectivity index (χ1v) is 7.36. The Morgan fingerprint density at radius 2 is 1.95 bits per heavy atom. The molecule has 2 aromatic rings. The second-order valence-electron chi connectivity index (χ2n) is 4.91. The van der Waals surface area contributed by atoms with Crippen LogP contribution in [0.4, 0.5) is 5.69 Å². The standard InChI is InChI=1S/C16H13Cl2NO2/c17-12-5-3-6-13(15(12)18)19-16(20)11-8-10-4-1-2-7-14(10)21-9-11/h1-7,11H,8-9H2,(H,19,20). The monoisotopic (exact) mass is 321 g/mol. The summed E-state index contributed by atoms with van der Waals surface area (Å²) in [6.07, 6.45) is 0.653. The molecule has 1 unspecified atom stereocenters. The lowest BCUT2D eigenvalue weighted by Crippen LogP contribution is -2.32. The Bertz CT molecular complexity index is 688. The van der Waals surface area contributed by atoms with Crippen LogP contribution in [0.3, 0.4) is 0 Å². The number of amides is 1. The number of carbonyl (C=O) groups is 1. The largest absolute Gasteiger partial charge is 0.492 e. The van der Waals surface area contributed by atoms with Crippen molar-refractivity contribution in [2.75, 3.05) is 11.9 Å². The van der Waals surface area contributed by atoms with Crippen molar-refractivity contribution >= 4 is 34.8 Å². The lowest BCUT2D eigenvalue weighted by atomic mass is 9.96. The second-order valence-corrected chi connectivity index (χ2v) is 5.70. The van der Waals surface area contributed by atoms with E-state index in [4.69, 9.17) is 27.9 Å². The minimum absolute atomic E-state index is 0.117. The molecule has 0 saturated carbocycles. The Balaban J connectivity index is 1.74. The van der Waals surface area contributed by atoms with Gasteiger partial charge in [-0.3, -0.25) is 4.79 Å². The van der Waals surface area contributed by atoms with Gasteiger partial charge in [-0.15, -0.1) is 0 Å². The van der Waals surface area contributed by atoms with Crippen molar-refractivity contribution in [3.63, 3.8) is 0 Å². The molecule has 0 aromatic heterocycles. The lowest BCUT2D eigenvalue weighted by molar-refractivity contribution is -0.121. The highest BCUT2D eigenvalue weighted by molar-refractivity contribution is 6.44. The van der Waals surface area contributed by atoms with E-state index in [1.807, 2.05) is 24.3 Å². The molecule has 1 aliphatic rings.